The van der Waals surface area contributed by atoms with Gasteiger partial charge in [-0.3, -0.25) is 4.79 Å². The molecule has 0 radical (unpaired) electrons. The van der Waals surface area contributed by atoms with Crippen molar-refractivity contribution in [3.05, 3.63) is 95.9 Å². The number of para-hydroxylation sites is 1. The molecule has 8 nitrogen and oxygen atoms in total. The molecule has 35 heavy (non-hydrogen) atoms. The van der Waals surface area contributed by atoms with E-state index >= 15 is 0 Å². The molecule has 0 unspecified atom stereocenters. The molecule has 0 saturated carbocycles. The number of hydrogen-bond donors (Lipinski definition) is 0. The van der Waals surface area contributed by atoms with Crippen molar-refractivity contribution < 1.29 is 17.6 Å². The van der Waals surface area contributed by atoms with Gasteiger partial charge < -0.3 is 9.32 Å². The maximum Gasteiger partial charge on any atom is 0.257 e. The fraction of sp³-hybridized carbons (Fsp3) is 0.231. The molecule has 1 fully saturated rings. The maximum absolute atomic E-state index is 13.6. The van der Waals surface area contributed by atoms with E-state index in [-0.39, 0.29) is 24.7 Å². The third-order valence-electron chi connectivity index (χ3n) is 6.05. The van der Waals surface area contributed by atoms with E-state index in [1.54, 1.807) is 34.0 Å². The predicted octanol–water partition coefficient (Wildman–Crippen LogP) is 3.73. The van der Waals surface area contributed by atoms with Crippen molar-refractivity contribution in [2.75, 3.05) is 26.2 Å². The molecule has 3 heterocycles. The smallest absolute Gasteiger partial charge is 0.257 e. The highest BCUT2D eigenvalue weighted by Crippen LogP contribution is 2.27. The molecular formula is C26H26N4O4S. The Morgan fingerprint density at radius 1 is 0.914 bits per heavy atom. The van der Waals surface area contributed by atoms with Gasteiger partial charge in [-0.25, -0.2) is 13.1 Å². The molecule has 0 atom stereocenters. The second kappa shape index (κ2) is 9.52. The van der Waals surface area contributed by atoms with Crippen LogP contribution in [0.3, 0.4) is 0 Å². The Morgan fingerprint density at radius 2 is 1.57 bits per heavy atom. The summed E-state index contributed by atoms with van der Waals surface area (Å²) >= 11 is 0. The van der Waals surface area contributed by atoms with Gasteiger partial charge in [-0.1, -0.05) is 48.5 Å². The lowest BCUT2D eigenvalue weighted by Crippen LogP contribution is -2.50. The van der Waals surface area contributed by atoms with Crippen LogP contribution in [-0.2, 0) is 15.8 Å². The summed E-state index contributed by atoms with van der Waals surface area (Å²) in [6.45, 7) is 2.96. The van der Waals surface area contributed by atoms with Crippen LogP contribution in [0.2, 0.25) is 0 Å². The van der Waals surface area contributed by atoms with Crippen LogP contribution >= 0.6 is 0 Å². The van der Waals surface area contributed by atoms with Crippen molar-refractivity contribution >= 4 is 15.9 Å². The van der Waals surface area contributed by atoms with E-state index in [9.17, 15) is 13.2 Å². The molecule has 0 aliphatic carbocycles. The lowest BCUT2D eigenvalue weighted by atomic mass is 10.1. The molecule has 1 amide bonds. The monoisotopic (exact) mass is 490 g/mol. The number of benzene rings is 2. The van der Waals surface area contributed by atoms with E-state index < -0.39 is 10.0 Å². The average molecular weight is 491 g/mol. The van der Waals surface area contributed by atoms with Crippen LogP contribution in [0.25, 0.3) is 17.1 Å². The Bertz CT molecular complexity index is 1420. The quantitative estimate of drug-likeness (QED) is 0.411. The van der Waals surface area contributed by atoms with Crippen LogP contribution < -0.4 is 0 Å². The molecule has 1 aliphatic heterocycles. The number of carbonyl (C=O) groups excluding carboxylic acids is 1. The van der Waals surface area contributed by atoms with Crippen LogP contribution in [0.15, 0.2) is 83.4 Å². The van der Waals surface area contributed by atoms with Crippen molar-refractivity contribution in [2.45, 2.75) is 12.7 Å². The second-order valence-electron chi connectivity index (χ2n) is 8.51. The zero-order valence-corrected chi connectivity index (χ0v) is 20.2. The van der Waals surface area contributed by atoms with E-state index in [4.69, 9.17) is 4.42 Å². The Balaban J connectivity index is 1.36. The number of amides is 1. The fourth-order valence-corrected chi connectivity index (χ4v) is 5.72. The van der Waals surface area contributed by atoms with E-state index in [0.29, 0.717) is 30.1 Å². The van der Waals surface area contributed by atoms with Crippen LogP contribution in [0, 0.1) is 6.92 Å². The summed E-state index contributed by atoms with van der Waals surface area (Å²) in [5.41, 5.74) is 2.46. The van der Waals surface area contributed by atoms with Crippen molar-refractivity contribution in [1.29, 1.82) is 0 Å². The topological polar surface area (TPSA) is 88.7 Å². The molecule has 1 saturated heterocycles. The minimum atomic E-state index is -3.47. The summed E-state index contributed by atoms with van der Waals surface area (Å²) in [4.78, 5) is 15.2. The van der Waals surface area contributed by atoms with Gasteiger partial charge >= 0.3 is 0 Å². The summed E-state index contributed by atoms with van der Waals surface area (Å²) in [6.07, 6.45) is 1.71. The number of hydrogen-bond acceptors (Lipinski definition) is 5. The maximum atomic E-state index is 13.6. The van der Waals surface area contributed by atoms with Crippen molar-refractivity contribution in [3.63, 3.8) is 0 Å². The second-order valence-corrected chi connectivity index (χ2v) is 10.5. The molecule has 0 bridgehead atoms. The van der Waals surface area contributed by atoms with Gasteiger partial charge in [0.2, 0.25) is 10.0 Å². The third kappa shape index (κ3) is 4.91. The van der Waals surface area contributed by atoms with Gasteiger partial charge in [-0.15, -0.1) is 0 Å². The fourth-order valence-electron chi connectivity index (χ4n) is 4.20. The van der Waals surface area contributed by atoms with Gasteiger partial charge in [-0.2, -0.15) is 9.40 Å². The zero-order valence-electron chi connectivity index (χ0n) is 19.4. The Kier molecular flexibility index (Phi) is 6.27. The minimum Gasteiger partial charge on any atom is -0.460 e. The minimum absolute atomic E-state index is 0.0480. The molecule has 180 valence electrons. The van der Waals surface area contributed by atoms with Gasteiger partial charge in [0, 0.05) is 32.4 Å². The molecule has 9 heteroatoms. The Morgan fingerprint density at radius 3 is 2.20 bits per heavy atom. The normalized spacial score (nSPS) is 14.8. The Labute approximate surface area is 204 Å². The number of aromatic nitrogens is 2. The Hall–Kier alpha value is -3.69. The number of furan rings is 1. The first-order valence-electron chi connectivity index (χ1n) is 11.4. The van der Waals surface area contributed by atoms with Crippen LogP contribution in [0.4, 0.5) is 0 Å². The van der Waals surface area contributed by atoms with Crippen molar-refractivity contribution in [3.8, 4) is 17.1 Å². The van der Waals surface area contributed by atoms with Crippen LogP contribution in [0.5, 0.6) is 0 Å². The SMILES string of the molecule is Cc1ccc(-c2nn(-c3ccccc3)cc2C(=O)N2CCN(S(=O)(=O)Cc3ccccc3)CC2)o1. The predicted molar refractivity (Wildman–Crippen MR) is 133 cm³/mol. The lowest BCUT2D eigenvalue weighted by molar-refractivity contribution is 0.0698. The summed E-state index contributed by atoms with van der Waals surface area (Å²) in [5, 5.41) is 4.65. The average Bonchev–Trinajstić information content (AvgIpc) is 3.51. The van der Waals surface area contributed by atoms with Gasteiger partial charge in [-0.05, 0) is 36.8 Å². The standard InChI is InChI=1S/C26H26N4O4S/c1-20-12-13-24(34-20)25-23(18-30(27-25)22-10-6-3-7-11-22)26(31)28-14-16-29(17-15-28)35(32,33)19-21-8-4-2-5-9-21/h2-13,18H,14-17,19H2,1H3. The van der Waals surface area contributed by atoms with Gasteiger partial charge in [0.15, 0.2) is 5.76 Å². The highest BCUT2D eigenvalue weighted by molar-refractivity contribution is 7.88. The molecular weight excluding hydrogens is 464 g/mol. The molecule has 2 aromatic carbocycles. The van der Waals surface area contributed by atoms with Gasteiger partial charge in [0.1, 0.15) is 11.5 Å². The van der Waals surface area contributed by atoms with Crippen LogP contribution in [-0.4, -0.2) is 59.5 Å². The lowest BCUT2D eigenvalue weighted by Gasteiger charge is -2.34. The zero-order chi connectivity index (χ0) is 24.4. The summed E-state index contributed by atoms with van der Waals surface area (Å²) in [5.74, 6) is 0.999. The van der Waals surface area contributed by atoms with E-state index in [2.05, 4.69) is 5.10 Å². The molecule has 0 N–H and O–H groups in total. The number of rotatable bonds is 6. The molecule has 4 aromatic rings. The third-order valence-corrected chi connectivity index (χ3v) is 7.90. The number of nitrogens with zero attached hydrogens (tertiary/aromatic N) is 4. The first-order chi connectivity index (χ1) is 16.9. The molecule has 5 rings (SSSR count). The number of carbonyl (C=O) groups is 1. The van der Waals surface area contributed by atoms with E-state index in [1.807, 2.05) is 61.5 Å². The van der Waals surface area contributed by atoms with Crippen molar-refractivity contribution in [2.24, 2.45) is 0 Å². The highest BCUT2D eigenvalue weighted by atomic mass is 32.2. The largest absolute Gasteiger partial charge is 0.460 e. The highest BCUT2D eigenvalue weighted by Gasteiger charge is 2.31. The molecule has 0 spiro atoms. The molecule has 1 aliphatic rings. The number of aryl methyl sites for hydroxylation is 1. The number of sulfonamides is 1. The first-order valence-corrected chi connectivity index (χ1v) is 13.0. The van der Waals surface area contributed by atoms with Gasteiger partial charge in [0.25, 0.3) is 5.91 Å². The summed E-state index contributed by atoms with van der Waals surface area (Å²) < 4.78 is 34.7. The van der Waals surface area contributed by atoms with Crippen LogP contribution in [0.1, 0.15) is 21.7 Å². The van der Waals surface area contributed by atoms with Crippen molar-refractivity contribution in [1.82, 2.24) is 19.0 Å². The van der Waals surface area contributed by atoms with E-state index in [0.717, 1.165) is 17.0 Å². The summed E-state index contributed by atoms with van der Waals surface area (Å²) in [7, 11) is -3.47. The van der Waals surface area contributed by atoms with Gasteiger partial charge in [0.05, 0.1) is 17.0 Å². The van der Waals surface area contributed by atoms with E-state index in [1.165, 1.54) is 4.31 Å². The first kappa shape index (κ1) is 23.1. The number of piperazine rings is 1. The summed E-state index contributed by atoms with van der Waals surface area (Å²) in [6, 6.07) is 22.3. The molecule has 2 aromatic heterocycles.